The van der Waals surface area contributed by atoms with Crippen LogP contribution in [0.1, 0.15) is 17.0 Å². The molecular weight excluding hydrogens is 196 g/mol. The van der Waals surface area contributed by atoms with Gasteiger partial charge >= 0.3 is 0 Å². The molecule has 0 aromatic carbocycles. The van der Waals surface area contributed by atoms with Crippen LogP contribution in [0.15, 0.2) is 0 Å². The van der Waals surface area contributed by atoms with Crippen LogP contribution in [0.2, 0.25) is 0 Å². The summed E-state index contributed by atoms with van der Waals surface area (Å²) in [4.78, 5) is 8.11. The lowest BCUT2D eigenvalue weighted by Crippen LogP contribution is -2.20. The van der Waals surface area contributed by atoms with E-state index in [0.717, 1.165) is 30.3 Å². The summed E-state index contributed by atoms with van der Waals surface area (Å²) in [6.07, 6.45) is 1.09. The molecule has 0 radical (unpaired) electrons. The number of aryl methyl sites for hydroxylation is 2. The van der Waals surface area contributed by atoms with Gasteiger partial charge in [0.25, 0.3) is 0 Å². The number of aromatic nitrogens is 1. The molecule has 2 rings (SSSR count). The minimum Gasteiger partial charge on any atom is -0.396 e. The van der Waals surface area contributed by atoms with Gasteiger partial charge in [0.15, 0.2) is 5.13 Å². The smallest absolute Gasteiger partial charge is 0.185 e. The molecule has 1 aromatic heterocycles. The predicted octanol–water partition coefficient (Wildman–Crippen LogP) is 1.58. The Balaban J connectivity index is 2.09. The average Bonchev–Trinajstić information content (AvgIpc) is 2.74. The highest BCUT2D eigenvalue weighted by Gasteiger charge is 2.24. The normalized spacial score (nSPS) is 21.9. The van der Waals surface area contributed by atoms with Gasteiger partial charge in [-0.2, -0.15) is 0 Å². The van der Waals surface area contributed by atoms with Crippen LogP contribution < -0.4 is 4.90 Å². The summed E-state index contributed by atoms with van der Waals surface area (Å²) in [5.41, 5.74) is 1.14. The number of thiazole rings is 1. The van der Waals surface area contributed by atoms with Gasteiger partial charge in [0, 0.05) is 30.5 Å². The molecule has 1 unspecified atom stereocenters. The molecule has 0 bridgehead atoms. The summed E-state index contributed by atoms with van der Waals surface area (Å²) in [5, 5.41) is 10.2. The second-order valence-electron chi connectivity index (χ2n) is 3.92. The van der Waals surface area contributed by atoms with E-state index in [0.29, 0.717) is 12.5 Å². The molecule has 1 aromatic rings. The number of hydrogen-bond donors (Lipinski definition) is 1. The lowest BCUT2D eigenvalue weighted by Gasteiger charge is -2.13. The first-order valence-corrected chi connectivity index (χ1v) is 5.82. The van der Waals surface area contributed by atoms with Crippen molar-refractivity contribution >= 4 is 16.5 Å². The van der Waals surface area contributed by atoms with Crippen molar-refractivity contribution in [3.63, 3.8) is 0 Å². The second kappa shape index (κ2) is 3.87. The first-order chi connectivity index (χ1) is 6.70. The number of aliphatic hydroxyl groups excluding tert-OH is 1. The lowest BCUT2D eigenvalue weighted by molar-refractivity contribution is 0.238. The van der Waals surface area contributed by atoms with Gasteiger partial charge < -0.3 is 10.0 Å². The van der Waals surface area contributed by atoms with E-state index >= 15 is 0 Å². The van der Waals surface area contributed by atoms with Crippen molar-refractivity contribution in [1.82, 2.24) is 4.98 Å². The molecule has 1 aliphatic heterocycles. The zero-order valence-corrected chi connectivity index (χ0v) is 9.47. The molecule has 1 saturated heterocycles. The zero-order chi connectivity index (χ0) is 10.1. The maximum Gasteiger partial charge on any atom is 0.185 e. The fourth-order valence-electron chi connectivity index (χ4n) is 1.75. The molecule has 1 fully saturated rings. The van der Waals surface area contributed by atoms with Gasteiger partial charge in [-0.15, -0.1) is 11.3 Å². The quantitative estimate of drug-likeness (QED) is 0.808. The Morgan fingerprint density at radius 1 is 1.57 bits per heavy atom. The molecular formula is C10H16N2OS. The largest absolute Gasteiger partial charge is 0.396 e. The average molecular weight is 212 g/mol. The zero-order valence-electron chi connectivity index (χ0n) is 8.66. The molecule has 0 spiro atoms. The minimum absolute atomic E-state index is 0.305. The summed E-state index contributed by atoms with van der Waals surface area (Å²) < 4.78 is 0. The lowest BCUT2D eigenvalue weighted by atomic mass is 10.1. The van der Waals surface area contributed by atoms with Crippen LogP contribution in [-0.2, 0) is 0 Å². The molecule has 4 heteroatoms. The number of hydrogen-bond acceptors (Lipinski definition) is 4. The van der Waals surface area contributed by atoms with Gasteiger partial charge in [-0.3, -0.25) is 0 Å². The molecule has 14 heavy (non-hydrogen) atoms. The van der Waals surface area contributed by atoms with Crippen molar-refractivity contribution in [3.05, 3.63) is 10.6 Å². The Morgan fingerprint density at radius 3 is 2.86 bits per heavy atom. The van der Waals surface area contributed by atoms with Crippen molar-refractivity contribution in [2.45, 2.75) is 20.3 Å². The summed E-state index contributed by atoms with van der Waals surface area (Å²) in [6, 6.07) is 0. The number of rotatable bonds is 2. The van der Waals surface area contributed by atoms with Gasteiger partial charge in [-0.1, -0.05) is 0 Å². The fraction of sp³-hybridized carbons (Fsp3) is 0.700. The second-order valence-corrected chi connectivity index (χ2v) is 5.10. The third kappa shape index (κ3) is 1.77. The molecule has 3 nitrogen and oxygen atoms in total. The summed E-state index contributed by atoms with van der Waals surface area (Å²) >= 11 is 1.76. The Morgan fingerprint density at radius 2 is 2.36 bits per heavy atom. The molecule has 2 heterocycles. The molecule has 1 atom stereocenters. The Hall–Kier alpha value is -0.610. The highest BCUT2D eigenvalue weighted by atomic mass is 32.1. The fourth-order valence-corrected chi connectivity index (χ4v) is 2.69. The topological polar surface area (TPSA) is 36.4 Å². The van der Waals surface area contributed by atoms with Gasteiger partial charge in [0.2, 0.25) is 0 Å². The highest BCUT2D eigenvalue weighted by molar-refractivity contribution is 7.15. The molecule has 0 saturated carbocycles. The summed E-state index contributed by atoms with van der Waals surface area (Å²) in [5.74, 6) is 0.444. The van der Waals surface area contributed by atoms with E-state index in [-0.39, 0.29) is 0 Å². The SMILES string of the molecule is Cc1nc(N2CCC(CO)C2)sc1C. The predicted molar refractivity (Wildman–Crippen MR) is 59.0 cm³/mol. The van der Waals surface area contributed by atoms with E-state index in [1.54, 1.807) is 11.3 Å². The van der Waals surface area contributed by atoms with Gasteiger partial charge in [-0.25, -0.2) is 4.98 Å². The first-order valence-electron chi connectivity index (χ1n) is 5.00. The molecule has 0 amide bonds. The third-order valence-electron chi connectivity index (χ3n) is 2.83. The monoisotopic (exact) mass is 212 g/mol. The summed E-state index contributed by atoms with van der Waals surface area (Å²) in [6.45, 7) is 6.46. The Bertz CT molecular complexity index is 304. The number of anilines is 1. The van der Waals surface area contributed by atoms with Crippen molar-refractivity contribution in [2.24, 2.45) is 5.92 Å². The van der Waals surface area contributed by atoms with E-state index in [2.05, 4.69) is 23.7 Å². The van der Waals surface area contributed by atoms with Crippen molar-refractivity contribution < 1.29 is 5.11 Å². The van der Waals surface area contributed by atoms with Crippen LogP contribution >= 0.6 is 11.3 Å². The van der Waals surface area contributed by atoms with Crippen LogP contribution in [0, 0.1) is 19.8 Å². The van der Waals surface area contributed by atoms with Crippen LogP contribution in [0.4, 0.5) is 5.13 Å². The van der Waals surface area contributed by atoms with E-state index in [1.807, 2.05) is 0 Å². The molecule has 0 aliphatic carbocycles. The van der Waals surface area contributed by atoms with Crippen LogP contribution in [0.5, 0.6) is 0 Å². The van der Waals surface area contributed by atoms with E-state index < -0.39 is 0 Å². The van der Waals surface area contributed by atoms with Crippen molar-refractivity contribution in [3.8, 4) is 0 Å². The highest BCUT2D eigenvalue weighted by Crippen LogP contribution is 2.29. The summed E-state index contributed by atoms with van der Waals surface area (Å²) in [7, 11) is 0. The van der Waals surface area contributed by atoms with E-state index in [1.165, 1.54) is 4.88 Å². The maximum atomic E-state index is 9.05. The minimum atomic E-state index is 0.305. The molecule has 1 aliphatic rings. The first kappa shape index (κ1) is 9.93. The van der Waals surface area contributed by atoms with Crippen LogP contribution in [0.25, 0.3) is 0 Å². The van der Waals surface area contributed by atoms with E-state index in [4.69, 9.17) is 5.11 Å². The maximum absolute atomic E-state index is 9.05. The van der Waals surface area contributed by atoms with Gasteiger partial charge in [0.05, 0.1) is 5.69 Å². The molecule has 1 N–H and O–H groups in total. The van der Waals surface area contributed by atoms with Crippen LogP contribution in [0.3, 0.4) is 0 Å². The third-order valence-corrected chi connectivity index (χ3v) is 3.97. The van der Waals surface area contributed by atoms with Gasteiger partial charge in [0.1, 0.15) is 0 Å². The van der Waals surface area contributed by atoms with Crippen molar-refractivity contribution in [2.75, 3.05) is 24.6 Å². The van der Waals surface area contributed by atoms with E-state index in [9.17, 15) is 0 Å². The van der Waals surface area contributed by atoms with Crippen LogP contribution in [-0.4, -0.2) is 29.8 Å². The van der Waals surface area contributed by atoms with Crippen molar-refractivity contribution in [1.29, 1.82) is 0 Å². The standard InChI is InChI=1S/C10H16N2OS/c1-7-8(2)14-10(11-7)12-4-3-9(5-12)6-13/h9,13H,3-6H2,1-2H3. The Kier molecular flexibility index (Phi) is 2.74. The number of nitrogens with zero attached hydrogens (tertiary/aromatic N) is 2. The van der Waals surface area contributed by atoms with Gasteiger partial charge in [-0.05, 0) is 20.3 Å². The molecule has 78 valence electrons. The number of aliphatic hydroxyl groups is 1. The Labute approximate surface area is 88.4 Å².